The van der Waals surface area contributed by atoms with Gasteiger partial charge in [0, 0.05) is 31.1 Å². The van der Waals surface area contributed by atoms with Crippen LogP contribution in [0.25, 0.3) is 10.9 Å². The zero-order valence-corrected chi connectivity index (χ0v) is 13.8. The van der Waals surface area contributed by atoms with Crippen LogP contribution in [0.3, 0.4) is 0 Å². The van der Waals surface area contributed by atoms with Crippen molar-refractivity contribution in [3.63, 3.8) is 0 Å². The molecule has 24 heavy (non-hydrogen) atoms. The van der Waals surface area contributed by atoms with Crippen LogP contribution in [-0.2, 0) is 4.79 Å². The molecule has 2 heterocycles. The van der Waals surface area contributed by atoms with Crippen LogP contribution in [0.1, 0.15) is 24.8 Å². The number of likely N-dealkylation sites (tertiary alicyclic amines) is 1. The van der Waals surface area contributed by atoms with E-state index in [1.807, 2.05) is 31.2 Å². The Morgan fingerprint density at radius 1 is 1.42 bits per heavy atom. The minimum Gasteiger partial charge on any atom is -0.370 e. The molecule has 1 aliphatic heterocycles. The maximum Gasteiger partial charge on any atom is 0.321 e. The molecule has 1 saturated heterocycles. The van der Waals surface area contributed by atoms with Gasteiger partial charge in [-0.2, -0.15) is 0 Å². The van der Waals surface area contributed by atoms with Gasteiger partial charge in [-0.15, -0.1) is 0 Å². The largest absolute Gasteiger partial charge is 0.370 e. The Morgan fingerprint density at radius 2 is 2.25 bits per heavy atom. The van der Waals surface area contributed by atoms with Crippen LogP contribution in [0, 0.1) is 12.8 Å². The van der Waals surface area contributed by atoms with Crippen molar-refractivity contribution < 1.29 is 9.59 Å². The Morgan fingerprint density at radius 3 is 3.04 bits per heavy atom. The second kappa shape index (κ2) is 6.86. The Balaban J connectivity index is 1.76. The number of amides is 3. The summed E-state index contributed by atoms with van der Waals surface area (Å²) in [7, 11) is 0. The third-order valence-corrected chi connectivity index (χ3v) is 4.39. The third-order valence-electron chi connectivity index (χ3n) is 4.39. The molecule has 0 spiro atoms. The number of nitrogens with two attached hydrogens (primary N) is 1. The SMILES string of the molecule is Cc1cc(NC(=O)N2CCC[C@@H](CC(N)=O)C2)c2ncccc2c1. The zero-order chi connectivity index (χ0) is 17.1. The van der Waals surface area contributed by atoms with Crippen molar-refractivity contribution in [1.29, 1.82) is 0 Å². The van der Waals surface area contributed by atoms with Crippen LogP contribution in [0.5, 0.6) is 0 Å². The van der Waals surface area contributed by atoms with Gasteiger partial charge < -0.3 is 16.0 Å². The fourth-order valence-electron chi connectivity index (χ4n) is 3.33. The summed E-state index contributed by atoms with van der Waals surface area (Å²) in [5.74, 6) is -0.162. The predicted octanol–water partition coefficient (Wildman–Crippen LogP) is 2.66. The van der Waals surface area contributed by atoms with E-state index >= 15 is 0 Å². The number of aryl methyl sites for hydroxylation is 1. The number of benzene rings is 1. The second-order valence-corrected chi connectivity index (χ2v) is 6.44. The number of hydrogen-bond acceptors (Lipinski definition) is 3. The lowest BCUT2D eigenvalue weighted by molar-refractivity contribution is -0.119. The predicted molar refractivity (Wildman–Crippen MR) is 93.6 cm³/mol. The van der Waals surface area contributed by atoms with E-state index in [1.165, 1.54) is 0 Å². The number of carbonyl (C=O) groups excluding carboxylic acids is 2. The van der Waals surface area contributed by atoms with Gasteiger partial charge in [0.1, 0.15) is 0 Å². The van der Waals surface area contributed by atoms with Crippen LogP contribution >= 0.6 is 0 Å². The molecule has 6 heteroatoms. The number of hydrogen-bond donors (Lipinski definition) is 2. The summed E-state index contributed by atoms with van der Waals surface area (Å²) >= 11 is 0. The van der Waals surface area contributed by atoms with Crippen LogP contribution < -0.4 is 11.1 Å². The summed E-state index contributed by atoms with van der Waals surface area (Å²) in [5.41, 5.74) is 7.84. The van der Waals surface area contributed by atoms with Gasteiger partial charge in [0.2, 0.25) is 5.91 Å². The van der Waals surface area contributed by atoms with Crippen molar-refractivity contribution in [2.45, 2.75) is 26.2 Å². The summed E-state index contributed by atoms with van der Waals surface area (Å²) in [6.07, 6.45) is 3.87. The highest BCUT2D eigenvalue weighted by Crippen LogP contribution is 2.25. The molecule has 1 atom stereocenters. The lowest BCUT2D eigenvalue weighted by Gasteiger charge is -2.32. The van der Waals surface area contributed by atoms with E-state index in [0.29, 0.717) is 25.2 Å². The maximum atomic E-state index is 12.6. The average Bonchev–Trinajstić information content (AvgIpc) is 2.54. The maximum absolute atomic E-state index is 12.6. The molecule has 126 valence electrons. The van der Waals surface area contributed by atoms with E-state index in [9.17, 15) is 9.59 Å². The number of pyridine rings is 1. The van der Waals surface area contributed by atoms with Gasteiger partial charge in [-0.25, -0.2) is 4.79 Å². The van der Waals surface area contributed by atoms with Gasteiger partial charge in [-0.3, -0.25) is 9.78 Å². The molecule has 3 amide bonds. The number of nitrogens with one attached hydrogen (secondary N) is 1. The van der Waals surface area contributed by atoms with E-state index < -0.39 is 0 Å². The van der Waals surface area contributed by atoms with Gasteiger partial charge in [-0.05, 0) is 49.4 Å². The summed E-state index contributed by atoms with van der Waals surface area (Å²) in [5, 5.41) is 3.98. The molecule has 3 rings (SSSR count). The van der Waals surface area contributed by atoms with Crippen LogP contribution in [-0.4, -0.2) is 34.9 Å². The van der Waals surface area contributed by atoms with Crippen LogP contribution in [0.15, 0.2) is 30.5 Å². The number of nitrogens with zero attached hydrogens (tertiary/aromatic N) is 2. The van der Waals surface area contributed by atoms with Crippen molar-refractivity contribution in [2.24, 2.45) is 11.7 Å². The number of aromatic nitrogens is 1. The van der Waals surface area contributed by atoms with E-state index in [-0.39, 0.29) is 17.9 Å². The molecule has 0 unspecified atom stereocenters. The highest BCUT2D eigenvalue weighted by atomic mass is 16.2. The Kier molecular flexibility index (Phi) is 4.64. The third kappa shape index (κ3) is 3.64. The summed E-state index contributed by atoms with van der Waals surface area (Å²) in [6, 6.07) is 7.68. The van der Waals surface area contributed by atoms with Gasteiger partial charge in [0.15, 0.2) is 0 Å². The smallest absolute Gasteiger partial charge is 0.321 e. The molecule has 1 aromatic carbocycles. The molecule has 0 radical (unpaired) electrons. The van der Waals surface area contributed by atoms with E-state index in [0.717, 1.165) is 29.3 Å². The van der Waals surface area contributed by atoms with E-state index in [2.05, 4.69) is 10.3 Å². The van der Waals surface area contributed by atoms with Crippen molar-refractivity contribution in [3.8, 4) is 0 Å². The van der Waals surface area contributed by atoms with E-state index in [4.69, 9.17) is 5.73 Å². The Bertz CT molecular complexity index is 775. The average molecular weight is 326 g/mol. The number of carbonyl (C=O) groups is 2. The van der Waals surface area contributed by atoms with Crippen LogP contribution in [0.2, 0.25) is 0 Å². The molecule has 1 aliphatic rings. The Hall–Kier alpha value is -2.63. The summed E-state index contributed by atoms with van der Waals surface area (Å²) < 4.78 is 0. The lowest BCUT2D eigenvalue weighted by Crippen LogP contribution is -2.43. The number of fused-ring (bicyclic) bond motifs is 1. The van der Waals surface area contributed by atoms with Gasteiger partial charge in [0.05, 0.1) is 11.2 Å². The minimum atomic E-state index is -0.309. The fourth-order valence-corrected chi connectivity index (χ4v) is 3.33. The molecule has 0 saturated carbocycles. The molecule has 2 aromatic rings. The standard InChI is InChI=1S/C18H22N4O2/c1-12-8-14-5-2-6-20-17(14)15(9-12)21-18(24)22-7-3-4-13(11-22)10-16(19)23/h2,5-6,8-9,13H,3-4,7,10-11H2,1H3,(H2,19,23)(H,21,24)/t13-/m0/s1. The molecule has 0 aliphatic carbocycles. The molecule has 6 nitrogen and oxygen atoms in total. The number of urea groups is 1. The summed E-state index contributed by atoms with van der Waals surface area (Å²) in [6.45, 7) is 3.25. The van der Waals surface area contributed by atoms with Crippen molar-refractivity contribution in [3.05, 3.63) is 36.0 Å². The molecular formula is C18H22N4O2. The molecule has 0 bridgehead atoms. The lowest BCUT2D eigenvalue weighted by atomic mass is 9.95. The van der Waals surface area contributed by atoms with Crippen molar-refractivity contribution in [2.75, 3.05) is 18.4 Å². The first-order chi connectivity index (χ1) is 11.5. The Labute approximate surface area is 141 Å². The van der Waals surface area contributed by atoms with Crippen molar-refractivity contribution >= 4 is 28.5 Å². The van der Waals surface area contributed by atoms with Gasteiger partial charge in [-0.1, -0.05) is 6.07 Å². The molecule has 1 fully saturated rings. The van der Waals surface area contributed by atoms with Crippen molar-refractivity contribution in [1.82, 2.24) is 9.88 Å². The topological polar surface area (TPSA) is 88.3 Å². The number of rotatable bonds is 3. The van der Waals surface area contributed by atoms with Crippen LogP contribution in [0.4, 0.5) is 10.5 Å². The van der Waals surface area contributed by atoms with Gasteiger partial charge in [0.25, 0.3) is 0 Å². The highest BCUT2D eigenvalue weighted by Gasteiger charge is 2.25. The number of piperidine rings is 1. The molecule has 3 N–H and O–H groups in total. The fraction of sp³-hybridized carbons (Fsp3) is 0.389. The molecular weight excluding hydrogens is 304 g/mol. The number of primary amides is 1. The first kappa shape index (κ1) is 16.2. The highest BCUT2D eigenvalue weighted by molar-refractivity contribution is 6.00. The van der Waals surface area contributed by atoms with Gasteiger partial charge >= 0.3 is 6.03 Å². The first-order valence-corrected chi connectivity index (χ1v) is 8.22. The molecule has 1 aromatic heterocycles. The normalized spacial score (nSPS) is 17.7. The first-order valence-electron chi connectivity index (χ1n) is 8.22. The number of anilines is 1. The monoisotopic (exact) mass is 326 g/mol. The quantitative estimate of drug-likeness (QED) is 0.909. The summed E-state index contributed by atoms with van der Waals surface area (Å²) in [4.78, 5) is 29.9. The van der Waals surface area contributed by atoms with E-state index in [1.54, 1.807) is 11.1 Å². The minimum absolute atomic E-state index is 0.148. The second-order valence-electron chi connectivity index (χ2n) is 6.44. The zero-order valence-electron chi connectivity index (χ0n) is 13.8.